The van der Waals surface area contributed by atoms with Gasteiger partial charge >= 0.3 is 0 Å². The van der Waals surface area contributed by atoms with Crippen molar-refractivity contribution in [2.45, 2.75) is 19.4 Å². The minimum atomic E-state index is 0.501. The molecular weight excluding hydrogens is 170 g/mol. The molecule has 0 bridgehead atoms. The summed E-state index contributed by atoms with van der Waals surface area (Å²) in [5, 5.41) is 3.49. The molecule has 0 aromatic rings. The number of hydrogen-bond donors (Lipinski definition) is 1. The SMILES string of the molecule is COCC(C)NCC1CCSC1. The third-order valence-electron chi connectivity index (χ3n) is 2.20. The molecule has 1 aliphatic heterocycles. The van der Waals surface area contributed by atoms with Crippen LogP contribution in [0.5, 0.6) is 0 Å². The minimum Gasteiger partial charge on any atom is -0.383 e. The van der Waals surface area contributed by atoms with E-state index in [2.05, 4.69) is 24.0 Å². The van der Waals surface area contributed by atoms with Crippen LogP contribution < -0.4 is 5.32 Å². The fourth-order valence-corrected chi connectivity index (χ4v) is 2.71. The molecule has 0 aromatic heterocycles. The number of nitrogens with one attached hydrogen (secondary N) is 1. The van der Waals surface area contributed by atoms with Gasteiger partial charge in [-0.15, -0.1) is 0 Å². The first kappa shape index (κ1) is 10.4. The van der Waals surface area contributed by atoms with Crippen LogP contribution in [0.25, 0.3) is 0 Å². The van der Waals surface area contributed by atoms with E-state index in [9.17, 15) is 0 Å². The van der Waals surface area contributed by atoms with Crippen LogP contribution in [-0.2, 0) is 4.74 Å². The lowest BCUT2D eigenvalue weighted by molar-refractivity contribution is 0.170. The van der Waals surface area contributed by atoms with Gasteiger partial charge in [-0.2, -0.15) is 11.8 Å². The average Bonchev–Trinajstić information content (AvgIpc) is 2.53. The Labute approximate surface area is 79.4 Å². The Hall–Kier alpha value is 0.270. The highest BCUT2D eigenvalue weighted by Gasteiger charge is 2.15. The molecule has 0 aliphatic carbocycles. The number of rotatable bonds is 5. The van der Waals surface area contributed by atoms with E-state index < -0.39 is 0 Å². The lowest BCUT2D eigenvalue weighted by atomic mass is 10.1. The lowest BCUT2D eigenvalue weighted by Crippen LogP contribution is -2.34. The Balaban J connectivity index is 1.99. The van der Waals surface area contributed by atoms with Gasteiger partial charge in [-0.25, -0.2) is 0 Å². The van der Waals surface area contributed by atoms with Crippen molar-refractivity contribution < 1.29 is 4.74 Å². The van der Waals surface area contributed by atoms with Crippen LogP contribution in [0.4, 0.5) is 0 Å². The molecule has 2 nitrogen and oxygen atoms in total. The maximum Gasteiger partial charge on any atom is 0.0613 e. The van der Waals surface area contributed by atoms with Crippen LogP contribution in [0.1, 0.15) is 13.3 Å². The maximum atomic E-state index is 5.05. The van der Waals surface area contributed by atoms with Gasteiger partial charge in [-0.05, 0) is 37.3 Å². The quantitative estimate of drug-likeness (QED) is 0.705. The van der Waals surface area contributed by atoms with Gasteiger partial charge in [0.2, 0.25) is 0 Å². The summed E-state index contributed by atoms with van der Waals surface area (Å²) in [4.78, 5) is 0. The molecule has 0 aromatic carbocycles. The van der Waals surface area contributed by atoms with E-state index in [1.165, 1.54) is 17.9 Å². The summed E-state index contributed by atoms with van der Waals surface area (Å²) in [5.41, 5.74) is 0. The summed E-state index contributed by atoms with van der Waals surface area (Å²) in [6.45, 7) is 4.16. The van der Waals surface area contributed by atoms with Crippen molar-refractivity contribution in [1.82, 2.24) is 5.32 Å². The second-order valence-corrected chi connectivity index (χ2v) is 4.64. The van der Waals surface area contributed by atoms with Crippen LogP contribution in [-0.4, -0.2) is 37.8 Å². The van der Waals surface area contributed by atoms with E-state index in [4.69, 9.17) is 4.74 Å². The zero-order chi connectivity index (χ0) is 8.81. The number of methoxy groups -OCH3 is 1. The average molecular weight is 189 g/mol. The van der Waals surface area contributed by atoms with Crippen LogP contribution in [0, 0.1) is 5.92 Å². The van der Waals surface area contributed by atoms with E-state index in [1.807, 2.05) is 0 Å². The van der Waals surface area contributed by atoms with Gasteiger partial charge in [0.25, 0.3) is 0 Å². The zero-order valence-corrected chi connectivity index (χ0v) is 8.82. The molecule has 1 fully saturated rings. The first-order valence-electron chi connectivity index (χ1n) is 4.63. The second kappa shape index (κ2) is 5.84. The van der Waals surface area contributed by atoms with Crippen molar-refractivity contribution >= 4 is 11.8 Å². The molecule has 0 spiro atoms. The first-order chi connectivity index (χ1) is 5.83. The topological polar surface area (TPSA) is 21.3 Å². The van der Waals surface area contributed by atoms with E-state index in [1.54, 1.807) is 7.11 Å². The maximum absolute atomic E-state index is 5.05. The molecule has 3 heteroatoms. The lowest BCUT2D eigenvalue weighted by Gasteiger charge is -2.15. The van der Waals surface area contributed by atoms with Gasteiger partial charge in [0.1, 0.15) is 0 Å². The Morgan fingerprint density at radius 1 is 1.67 bits per heavy atom. The smallest absolute Gasteiger partial charge is 0.0613 e. The normalized spacial score (nSPS) is 26.0. The predicted molar refractivity (Wildman–Crippen MR) is 54.8 cm³/mol. The molecule has 1 rings (SSSR count). The number of thioether (sulfide) groups is 1. The Morgan fingerprint density at radius 2 is 2.50 bits per heavy atom. The van der Waals surface area contributed by atoms with Gasteiger partial charge in [-0.3, -0.25) is 0 Å². The molecule has 0 saturated carbocycles. The molecule has 1 N–H and O–H groups in total. The first-order valence-corrected chi connectivity index (χ1v) is 5.78. The van der Waals surface area contributed by atoms with Gasteiger partial charge < -0.3 is 10.1 Å². The molecule has 0 radical (unpaired) electrons. The summed E-state index contributed by atoms with van der Waals surface area (Å²) in [7, 11) is 1.75. The van der Waals surface area contributed by atoms with Crippen LogP contribution in [0.15, 0.2) is 0 Å². The van der Waals surface area contributed by atoms with Gasteiger partial charge in [0.15, 0.2) is 0 Å². The van der Waals surface area contributed by atoms with Gasteiger partial charge in [0, 0.05) is 13.2 Å². The molecule has 72 valence electrons. The van der Waals surface area contributed by atoms with Crippen LogP contribution >= 0.6 is 11.8 Å². The minimum absolute atomic E-state index is 0.501. The summed E-state index contributed by atoms with van der Waals surface area (Å²) in [5.74, 6) is 3.59. The fraction of sp³-hybridized carbons (Fsp3) is 1.00. The molecule has 1 heterocycles. The van der Waals surface area contributed by atoms with Crippen LogP contribution in [0.2, 0.25) is 0 Å². The molecule has 0 amide bonds. The van der Waals surface area contributed by atoms with E-state index in [0.717, 1.165) is 19.1 Å². The fourth-order valence-electron chi connectivity index (χ4n) is 1.42. The van der Waals surface area contributed by atoms with E-state index in [0.29, 0.717) is 6.04 Å². The summed E-state index contributed by atoms with van der Waals surface area (Å²) in [6.07, 6.45) is 1.39. The number of ether oxygens (including phenoxy) is 1. The van der Waals surface area contributed by atoms with Gasteiger partial charge in [-0.1, -0.05) is 0 Å². The zero-order valence-electron chi connectivity index (χ0n) is 8.01. The summed E-state index contributed by atoms with van der Waals surface area (Å²) < 4.78 is 5.05. The Kier molecular flexibility index (Phi) is 5.04. The third-order valence-corrected chi connectivity index (χ3v) is 3.43. The monoisotopic (exact) mass is 189 g/mol. The molecule has 1 saturated heterocycles. The molecule has 2 atom stereocenters. The largest absolute Gasteiger partial charge is 0.383 e. The molecule has 12 heavy (non-hydrogen) atoms. The van der Waals surface area contributed by atoms with E-state index >= 15 is 0 Å². The Bertz CT molecular complexity index is 115. The predicted octanol–water partition coefficient (Wildman–Crippen LogP) is 1.36. The standard InChI is InChI=1S/C9H19NOS/c1-8(6-11-2)10-5-9-3-4-12-7-9/h8-10H,3-7H2,1-2H3. The van der Waals surface area contributed by atoms with Crippen molar-refractivity contribution in [2.75, 3.05) is 31.8 Å². The van der Waals surface area contributed by atoms with Crippen molar-refractivity contribution in [1.29, 1.82) is 0 Å². The highest BCUT2D eigenvalue weighted by molar-refractivity contribution is 7.99. The summed E-state index contributed by atoms with van der Waals surface area (Å²) >= 11 is 2.08. The second-order valence-electron chi connectivity index (χ2n) is 3.49. The number of hydrogen-bond acceptors (Lipinski definition) is 3. The van der Waals surface area contributed by atoms with Crippen molar-refractivity contribution in [3.8, 4) is 0 Å². The van der Waals surface area contributed by atoms with Crippen molar-refractivity contribution in [3.05, 3.63) is 0 Å². The molecule has 2 unspecified atom stereocenters. The third kappa shape index (κ3) is 3.78. The highest BCUT2D eigenvalue weighted by Crippen LogP contribution is 2.22. The Morgan fingerprint density at radius 3 is 3.08 bits per heavy atom. The van der Waals surface area contributed by atoms with Gasteiger partial charge in [0.05, 0.1) is 6.61 Å². The summed E-state index contributed by atoms with van der Waals surface area (Å²) in [6, 6.07) is 0.501. The van der Waals surface area contributed by atoms with Crippen LogP contribution in [0.3, 0.4) is 0 Å². The van der Waals surface area contributed by atoms with Crippen molar-refractivity contribution in [3.63, 3.8) is 0 Å². The van der Waals surface area contributed by atoms with E-state index in [-0.39, 0.29) is 0 Å². The highest BCUT2D eigenvalue weighted by atomic mass is 32.2. The van der Waals surface area contributed by atoms with Crippen molar-refractivity contribution in [2.24, 2.45) is 5.92 Å². The molecule has 1 aliphatic rings. The molecular formula is C9H19NOS.